The number of amides is 2. The fraction of sp³-hybridized carbons (Fsp3) is 0.353. The molecule has 3 aromatic carbocycles. The van der Waals surface area contributed by atoms with E-state index in [1.165, 1.54) is 24.3 Å². The van der Waals surface area contributed by atoms with Gasteiger partial charge in [-0.2, -0.15) is 23.7 Å². The van der Waals surface area contributed by atoms with E-state index in [-0.39, 0.29) is 17.9 Å². The van der Waals surface area contributed by atoms with E-state index in [1.54, 1.807) is 48.5 Å². The van der Waals surface area contributed by atoms with Crippen LogP contribution in [-0.4, -0.2) is 35.7 Å². The molecule has 4 rings (SSSR count). The SMILES string of the molecule is CC(C)(F)C[C@H](N[C@@H](c1ccc(-c2ccc(C3(C(N)=O)CC3)cc2)cc1)C(F)(F)F)C(=O)N[C@H](C#N)Cc1ccc(C#N)cc1. The van der Waals surface area contributed by atoms with E-state index in [0.29, 0.717) is 29.5 Å². The Labute approximate surface area is 259 Å². The van der Waals surface area contributed by atoms with Crippen molar-refractivity contribution in [3.05, 3.63) is 95.1 Å². The van der Waals surface area contributed by atoms with Crippen molar-refractivity contribution in [1.82, 2.24) is 10.6 Å². The highest BCUT2D eigenvalue weighted by Crippen LogP contribution is 2.48. The quantitative estimate of drug-likeness (QED) is 0.224. The summed E-state index contributed by atoms with van der Waals surface area (Å²) >= 11 is 0. The van der Waals surface area contributed by atoms with Gasteiger partial charge < -0.3 is 11.1 Å². The summed E-state index contributed by atoms with van der Waals surface area (Å²) in [5.41, 5.74) is 5.89. The van der Waals surface area contributed by atoms with Gasteiger partial charge in [-0.1, -0.05) is 60.7 Å². The number of halogens is 4. The molecule has 0 spiro atoms. The number of primary amides is 1. The largest absolute Gasteiger partial charge is 0.407 e. The Bertz CT molecular complexity index is 1600. The standard InChI is InChI=1S/C34H33F4N5O2/c1-32(2,35)18-28(30(44)42-27(20-40)17-21-3-5-22(19-39)6-4-21)43-29(34(36,37)38)25-9-7-23(8-10-25)24-11-13-26(14-12-24)33(15-16-33)31(41)45/h3-14,27-29,43H,15-18H2,1-2H3,(H2,41,45)(H,42,44)/t27-,28-,29-/m0/s1. The minimum Gasteiger partial charge on any atom is -0.369 e. The topological polar surface area (TPSA) is 132 Å². The molecule has 1 aliphatic carbocycles. The molecule has 1 saturated carbocycles. The van der Waals surface area contributed by atoms with Crippen LogP contribution < -0.4 is 16.4 Å². The first-order valence-electron chi connectivity index (χ1n) is 14.4. The number of rotatable bonds is 12. The van der Waals surface area contributed by atoms with Crippen LogP contribution in [0.3, 0.4) is 0 Å². The van der Waals surface area contributed by atoms with Crippen molar-refractivity contribution >= 4 is 11.8 Å². The molecule has 0 unspecified atom stereocenters. The Hall–Kier alpha value is -4.74. The highest BCUT2D eigenvalue weighted by molar-refractivity contribution is 5.90. The maximum atomic E-state index is 14.8. The van der Waals surface area contributed by atoms with Crippen LogP contribution in [0.4, 0.5) is 17.6 Å². The summed E-state index contributed by atoms with van der Waals surface area (Å²) in [6, 6.07) is 17.9. The lowest BCUT2D eigenvalue weighted by atomic mass is 9.92. The second-order valence-corrected chi connectivity index (χ2v) is 12.0. The molecule has 7 nitrogen and oxygen atoms in total. The molecule has 3 atom stereocenters. The van der Waals surface area contributed by atoms with Gasteiger partial charge >= 0.3 is 6.18 Å². The molecule has 1 aliphatic rings. The molecule has 0 saturated heterocycles. The number of nitriles is 2. The van der Waals surface area contributed by atoms with E-state index in [4.69, 9.17) is 11.0 Å². The monoisotopic (exact) mass is 619 g/mol. The summed E-state index contributed by atoms with van der Waals surface area (Å²) in [6.45, 7) is 2.31. The lowest BCUT2D eigenvalue weighted by molar-refractivity contribution is -0.161. The van der Waals surface area contributed by atoms with E-state index in [9.17, 15) is 32.4 Å². The van der Waals surface area contributed by atoms with E-state index in [1.807, 2.05) is 12.1 Å². The zero-order valence-corrected chi connectivity index (χ0v) is 24.8. The van der Waals surface area contributed by atoms with Gasteiger partial charge in [-0.15, -0.1) is 0 Å². The summed E-state index contributed by atoms with van der Waals surface area (Å²) in [6.07, 6.45) is -4.04. The zero-order chi connectivity index (χ0) is 33.0. The lowest BCUT2D eigenvalue weighted by Crippen LogP contribution is -2.53. The van der Waals surface area contributed by atoms with Crippen LogP contribution in [0, 0.1) is 22.7 Å². The van der Waals surface area contributed by atoms with E-state index < -0.39 is 47.7 Å². The fourth-order valence-corrected chi connectivity index (χ4v) is 5.30. The smallest absolute Gasteiger partial charge is 0.369 e. The average Bonchev–Trinajstić information content (AvgIpc) is 3.81. The van der Waals surface area contributed by atoms with Gasteiger partial charge in [-0.25, -0.2) is 4.39 Å². The Kier molecular flexibility index (Phi) is 9.65. The van der Waals surface area contributed by atoms with Crippen LogP contribution in [0.5, 0.6) is 0 Å². The minimum absolute atomic E-state index is 0.0361. The molecule has 0 aliphatic heterocycles. The third kappa shape index (κ3) is 8.25. The molecule has 0 aromatic heterocycles. The second-order valence-electron chi connectivity index (χ2n) is 12.0. The number of nitrogens with one attached hydrogen (secondary N) is 2. The Balaban J connectivity index is 1.52. The Morgan fingerprint density at radius 3 is 1.91 bits per heavy atom. The molecule has 3 aromatic rings. The van der Waals surface area contributed by atoms with Crippen LogP contribution >= 0.6 is 0 Å². The van der Waals surface area contributed by atoms with Crippen molar-refractivity contribution in [3.63, 3.8) is 0 Å². The maximum Gasteiger partial charge on any atom is 0.407 e. The lowest BCUT2D eigenvalue weighted by Gasteiger charge is -2.30. The predicted octanol–water partition coefficient (Wildman–Crippen LogP) is 5.69. The normalized spacial score (nSPS) is 16.0. The summed E-state index contributed by atoms with van der Waals surface area (Å²) in [4.78, 5) is 25.1. The number of nitrogens with zero attached hydrogens (tertiary/aromatic N) is 2. The van der Waals surface area contributed by atoms with Crippen LogP contribution in [0.2, 0.25) is 0 Å². The van der Waals surface area contributed by atoms with Gasteiger partial charge in [0.25, 0.3) is 0 Å². The van der Waals surface area contributed by atoms with Crippen LogP contribution in [0.25, 0.3) is 11.1 Å². The predicted molar refractivity (Wildman–Crippen MR) is 160 cm³/mol. The van der Waals surface area contributed by atoms with Crippen molar-refractivity contribution < 1.29 is 27.2 Å². The molecule has 45 heavy (non-hydrogen) atoms. The van der Waals surface area contributed by atoms with Crippen molar-refractivity contribution in [2.45, 2.75) is 74.9 Å². The van der Waals surface area contributed by atoms with Gasteiger partial charge in [-0.3, -0.25) is 14.9 Å². The summed E-state index contributed by atoms with van der Waals surface area (Å²) in [5.74, 6) is -1.33. The number of hydrogen-bond acceptors (Lipinski definition) is 5. The number of benzene rings is 3. The van der Waals surface area contributed by atoms with E-state index in [0.717, 1.165) is 25.0 Å². The molecule has 1 fully saturated rings. The minimum atomic E-state index is -4.84. The number of alkyl halides is 4. The molecule has 0 bridgehead atoms. The van der Waals surface area contributed by atoms with E-state index in [2.05, 4.69) is 10.6 Å². The first-order chi connectivity index (χ1) is 21.1. The molecule has 0 radical (unpaired) electrons. The molecule has 2 amide bonds. The number of nitrogens with two attached hydrogens (primary N) is 1. The highest BCUT2D eigenvalue weighted by Gasteiger charge is 2.50. The van der Waals surface area contributed by atoms with Gasteiger partial charge in [0.05, 0.1) is 29.2 Å². The molecule has 0 heterocycles. The molecule has 4 N–H and O–H groups in total. The second kappa shape index (κ2) is 13.1. The number of hydrogen-bond donors (Lipinski definition) is 3. The van der Waals surface area contributed by atoms with Crippen LogP contribution in [-0.2, 0) is 21.4 Å². The molecular formula is C34H33F4N5O2. The molecule has 234 valence electrons. The van der Waals surface area contributed by atoms with Crippen molar-refractivity contribution in [2.24, 2.45) is 5.73 Å². The van der Waals surface area contributed by atoms with Crippen LogP contribution in [0.1, 0.15) is 61.4 Å². The summed E-state index contributed by atoms with van der Waals surface area (Å²) in [5, 5.41) is 23.3. The zero-order valence-electron chi connectivity index (χ0n) is 24.8. The highest BCUT2D eigenvalue weighted by atomic mass is 19.4. The molecular weight excluding hydrogens is 586 g/mol. The van der Waals surface area contributed by atoms with Gasteiger partial charge in [-0.05, 0) is 66.6 Å². The van der Waals surface area contributed by atoms with Gasteiger partial charge in [0, 0.05) is 12.8 Å². The summed E-state index contributed by atoms with van der Waals surface area (Å²) in [7, 11) is 0. The van der Waals surface area contributed by atoms with Crippen molar-refractivity contribution in [3.8, 4) is 23.3 Å². The molecule has 11 heteroatoms. The Morgan fingerprint density at radius 1 is 0.911 bits per heavy atom. The third-order valence-corrected chi connectivity index (χ3v) is 7.93. The van der Waals surface area contributed by atoms with Crippen molar-refractivity contribution in [1.29, 1.82) is 10.5 Å². The average molecular weight is 620 g/mol. The number of carbonyl (C=O) groups is 2. The van der Waals surface area contributed by atoms with Gasteiger partial charge in [0.1, 0.15) is 17.8 Å². The number of carbonyl (C=O) groups excluding carboxylic acids is 2. The third-order valence-electron chi connectivity index (χ3n) is 7.93. The van der Waals surface area contributed by atoms with E-state index >= 15 is 0 Å². The first-order valence-corrected chi connectivity index (χ1v) is 14.4. The summed E-state index contributed by atoms with van der Waals surface area (Å²) < 4.78 is 57.9. The fourth-order valence-electron chi connectivity index (χ4n) is 5.30. The van der Waals surface area contributed by atoms with Gasteiger partial charge in [0.2, 0.25) is 11.8 Å². The Morgan fingerprint density at radius 2 is 1.47 bits per heavy atom. The maximum absolute atomic E-state index is 14.8. The van der Waals surface area contributed by atoms with Crippen LogP contribution in [0.15, 0.2) is 72.8 Å². The van der Waals surface area contributed by atoms with Crippen molar-refractivity contribution in [2.75, 3.05) is 0 Å². The van der Waals surface area contributed by atoms with Gasteiger partial charge in [0.15, 0.2) is 0 Å². The first kappa shape index (κ1) is 33.2.